The molecule has 62 heavy (non-hydrogen) atoms. The summed E-state index contributed by atoms with van der Waals surface area (Å²) in [6.07, 6.45) is 0. The van der Waals surface area contributed by atoms with Gasteiger partial charge in [-0.3, -0.25) is 4.57 Å². The lowest BCUT2D eigenvalue weighted by atomic mass is 9.98. The third kappa shape index (κ3) is 5.33. The van der Waals surface area contributed by atoms with Crippen LogP contribution in [-0.2, 0) is 0 Å². The Labute approximate surface area is 357 Å². The number of rotatable bonds is 6. The summed E-state index contributed by atoms with van der Waals surface area (Å²) in [5, 5.41) is 7.42. The summed E-state index contributed by atoms with van der Waals surface area (Å²) in [7, 11) is 0. The lowest BCUT2D eigenvalue weighted by molar-refractivity contribution is 0.995. The van der Waals surface area contributed by atoms with Crippen LogP contribution in [0.5, 0.6) is 0 Å². The van der Waals surface area contributed by atoms with Crippen LogP contribution in [0, 0.1) is 0 Å². The summed E-state index contributed by atoms with van der Waals surface area (Å²) in [5.41, 5.74) is 16.8. The Morgan fingerprint density at radius 1 is 0.258 bits per heavy atom. The molecule has 13 aromatic rings. The Balaban J connectivity index is 0.996. The summed E-state index contributed by atoms with van der Waals surface area (Å²) in [6, 6.07) is 78.4. The van der Waals surface area contributed by atoms with Crippen LogP contribution in [0.25, 0.3) is 122 Å². The van der Waals surface area contributed by atoms with Crippen molar-refractivity contribution in [2.75, 3.05) is 0 Å². The monoisotopic (exact) mass is 788 g/mol. The SMILES string of the molecule is c1ccc(-c2ccc(-c3cc(-c4ccc(-c5ccccc5)cc4)nc(-n4c5ccccc5c5cc(-c6cc7c8ccccc8n8c9ccccc9c(c6)c78)ccc54)n3)cc2)cc1. The third-order valence-corrected chi connectivity index (χ3v) is 12.7. The van der Waals surface area contributed by atoms with Gasteiger partial charge < -0.3 is 4.40 Å². The molecule has 0 amide bonds. The zero-order chi connectivity index (χ0) is 40.7. The molecule has 0 fully saturated rings. The normalized spacial score (nSPS) is 11.9. The van der Waals surface area contributed by atoms with E-state index < -0.39 is 0 Å². The maximum absolute atomic E-state index is 5.38. The van der Waals surface area contributed by atoms with Gasteiger partial charge in [-0.25, -0.2) is 9.97 Å². The molecule has 0 unspecified atom stereocenters. The second-order valence-corrected chi connectivity index (χ2v) is 16.2. The van der Waals surface area contributed by atoms with E-state index in [4.69, 9.17) is 9.97 Å². The van der Waals surface area contributed by atoms with Crippen LogP contribution in [0.15, 0.2) is 218 Å². The summed E-state index contributed by atoms with van der Waals surface area (Å²) >= 11 is 0. The largest absolute Gasteiger partial charge is 0.308 e. The molecule has 0 radical (unpaired) electrons. The third-order valence-electron chi connectivity index (χ3n) is 12.7. The van der Waals surface area contributed by atoms with Crippen molar-refractivity contribution in [2.45, 2.75) is 0 Å². The molecule has 4 heteroatoms. The van der Waals surface area contributed by atoms with Gasteiger partial charge in [-0.15, -0.1) is 0 Å². The molecule has 0 aliphatic heterocycles. The molecule has 288 valence electrons. The number of hydrogen-bond acceptors (Lipinski definition) is 2. The zero-order valence-corrected chi connectivity index (χ0v) is 33.6. The van der Waals surface area contributed by atoms with E-state index in [0.29, 0.717) is 5.95 Å². The van der Waals surface area contributed by atoms with Crippen molar-refractivity contribution in [1.82, 2.24) is 18.9 Å². The second-order valence-electron chi connectivity index (χ2n) is 16.2. The fourth-order valence-electron chi connectivity index (χ4n) is 9.74. The van der Waals surface area contributed by atoms with Gasteiger partial charge in [0.05, 0.1) is 39.0 Å². The standard InChI is InChI=1S/C58H36N4/c1-3-13-37(14-4-1)39-23-27-41(28-24-39)51-36-52(42-29-25-40(26-30-42)38-15-5-2-6-16-38)60-58(59-51)62-55-22-12-7-17-45(55)48-33-43(31-32-56(48)62)44-34-49-46-18-8-10-20-53(46)61-54-21-11-9-19-47(54)50(35-44)57(49)61/h1-36H. The van der Waals surface area contributed by atoms with Crippen molar-refractivity contribution in [1.29, 1.82) is 0 Å². The van der Waals surface area contributed by atoms with Gasteiger partial charge in [0.1, 0.15) is 0 Å². The first kappa shape index (κ1) is 34.5. The van der Waals surface area contributed by atoms with Crippen molar-refractivity contribution in [3.63, 3.8) is 0 Å². The van der Waals surface area contributed by atoms with E-state index in [1.807, 2.05) is 0 Å². The van der Waals surface area contributed by atoms with Crippen LogP contribution in [0.1, 0.15) is 0 Å². The molecular weight excluding hydrogens is 753 g/mol. The highest BCUT2D eigenvalue weighted by atomic mass is 15.2. The number of hydrogen-bond donors (Lipinski definition) is 0. The van der Waals surface area contributed by atoms with Crippen molar-refractivity contribution in [3.8, 4) is 61.8 Å². The van der Waals surface area contributed by atoms with E-state index in [2.05, 4.69) is 227 Å². The summed E-state index contributed by atoms with van der Waals surface area (Å²) in [4.78, 5) is 10.8. The van der Waals surface area contributed by atoms with E-state index >= 15 is 0 Å². The Morgan fingerprint density at radius 2 is 0.645 bits per heavy atom. The molecular formula is C58H36N4. The number of para-hydroxylation sites is 3. The van der Waals surface area contributed by atoms with Gasteiger partial charge in [-0.2, -0.15) is 0 Å². The first-order valence-corrected chi connectivity index (χ1v) is 21.2. The van der Waals surface area contributed by atoms with Gasteiger partial charge in [-0.1, -0.05) is 170 Å². The highest BCUT2D eigenvalue weighted by Gasteiger charge is 2.21. The minimum Gasteiger partial charge on any atom is -0.308 e. The molecule has 0 N–H and O–H groups in total. The summed E-state index contributed by atoms with van der Waals surface area (Å²) in [5.74, 6) is 0.634. The molecule has 4 nitrogen and oxygen atoms in total. The first-order valence-electron chi connectivity index (χ1n) is 21.2. The van der Waals surface area contributed by atoms with E-state index in [0.717, 1.165) is 44.3 Å². The van der Waals surface area contributed by atoms with Gasteiger partial charge in [0.15, 0.2) is 0 Å². The lowest BCUT2D eigenvalue weighted by Gasteiger charge is -2.13. The minimum absolute atomic E-state index is 0.634. The minimum atomic E-state index is 0.634. The van der Waals surface area contributed by atoms with Crippen LogP contribution in [-0.4, -0.2) is 18.9 Å². The number of nitrogens with zero attached hydrogens (tertiary/aromatic N) is 4. The molecule has 4 heterocycles. The molecule has 0 aliphatic rings. The number of fused-ring (bicyclic) bond motifs is 9. The molecule has 13 rings (SSSR count). The first-order chi connectivity index (χ1) is 30.7. The van der Waals surface area contributed by atoms with E-state index in [1.54, 1.807) is 0 Å². The van der Waals surface area contributed by atoms with Crippen LogP contribution in [0.3, 0.4) is 0 Å². The maximum Gasteiger partial charge on any atom is 0.235 e. The molecule has 4 aromatic heterocycles. The second kappa shape index (κ2) is 13.6. The average Bonchev–Trinajstić information content (AvgIpc) is 3.99. The van der Waals surface area contributed by atoms with Crippen molar-refractivity contribution < 1.29 is 0 Å². The van der Waals surface area contributed by atoms with E-state index in [-0.39, 0.29) is 0 Å². The Bertz CT molecular complexity index is 3640. The molecule has 0 atom stereocenters. The van der Waals surface area contributed by atoms with Crippen LogP contribution in [0.4, 0.5) is 0 Å². The predicted molar refractivity (Wildman–Crippen MR) is 258 cm³/mol. The van der Waals surface area contributed by atoms with Crippen molar-refractivity contribution >= 4 is 59.9 Å². The predicted octanol–water partition coefficient (Wildman–Crippen LogP) is 15.1. The smallest absolute Gasteiger partial charge is 0.235 e. The molecule has 0 aliphatic carbocycles. The van der Waals surface area contributed by atoms with Gasteiger partial charge in [0.2, 0.25) is 5.95 Å². The van der Waals surface area contributed by atoms with E-state index in [9.17, 15) is 0 Å². The Morgan fingerprint density at radius 3 is 1.18 bits per heavy atom. The highest BCUT2D eigenvalue weighted by Crippen LogP contribution is 2.43. The topological polar surface area (TPSA) is 35.1 Å². The van der Waals surface area contributed by atoms with Crippen molar-refractivity contribution in [3.05, 3.63) is 218 Å². The van der Waals surface area contributed by atoms with Gasteiger partial charge in [-0.05, 0) is 81.9 Å². The number of aromatic nitrogens is 4. The quantitative estimate of drug-likeness (QED) is 0.168. The molecule has 0 bridgehead atoms. The van der Waals surface area contributed by atoms with Gasteiger partial charge in [0.25, 0.3) is 0 Å². The van der Waals surface area contributed by atoms with Crippen LogP contribution in [0.2, 0.25) is 0 Å². The lowest BCUT2D eigenvalue weighted by Crippen LogP contribution is -2.04. The summed E-state index contributed by atoms with van der Waals surface area (Å²) < 4.78 is 4.68. The molecule has 9 aromatic carbocycles. The van der Waals surface area contributed by atoms with Crippen molar-refractivity contribution in [2.24, 2.45) is 0 Å². The zero-order valence-electron chi connectivity index (χ0n) is 33.6. The number of benzene rings is 9. The average molecular weight is 789 g/mol. The van der Waals surface area contributed by atoms with E-state index in [1.165, 1.54) is 71.5 Å². The fourth-order valence-corrected chi connectivity index (χ4v) is 9.74. The van der Waals surface area contributed by atoms with Gasteiger partial charge in [0, 0.05) is 43.4 Å². The molecule has 0 spiro atoms. The van der Waals surface area contributed by atoms with Gasteiger partial charge >= 0.3 is 0 Å². The van der Waals surface area contributed by atoms with Crippen LogP contribution < -0.4 is 0 Å². The Hall–Kier alpha value is -8.34. The highest BCUT2D eigenvalue weighted by molar-refractivity contribution is 6.24. The molecule has 0 saturated heterocycles. The fraction of sp³-hybridized carbons (Fsp3) is 0. The van der Waals surface area contributed by atoms with Crippen LogP contribution >= 0.6 is 0 Å². The summed E-state index contributed by atoms with van der Waals surface area (Å²) in [6.45, 7) is 0. The molecule has 0 saturated carbocycles. The maximum atomic E-state index is 5.38. The Kier molecular flexibility index (Phi) is 7.57.